The SMILES string of the molecule is C.Cc1cc(C)c(C)c(C)c1.Cc1cc(F)c(C)c(F)c1.Cc1cc(F)c(C)c(F)c1.Cc1cc(F)c(C)c(F)c1.Cc1cc(F)c(C)c(F)c1.Cc1cc(F)c(C)c(F)c1.Cc1ccc(C)c(F)c1.Cc1ccc(C)c(F)c1.Cc1ccc(C)c(F)c1.Cc1ccc(C)c(F)c1.Cc1ccc(C)c(F)c1.Cc1ccc(C)cc1.Cc1ccc(C)cc1.Cc1ccc(C)cc1.Cc1ccc(C)cc1.Cc1ccc(C)cc1. The molecule has 0 saturated carbocycles. The molecule has 0 aliphatic heterocycles. The Morgan fingerprint density at radius 1 is 0.0890 bits per heavy atom. The molecule has 146 heavy (non-hydrogen) atoms. The summed E-state index contributed by atoms with van der Waals surface area (Å²) in [4.78, 5) is 0. The Morgan fingerprint density at radius 3 is 0.274 bits per heavy atom. The second-order valence-electron chi connectivity index (χ2n) is 36.8. The van der Waals surface area contributed by atoms with E-state index in [1.807, 2.05) is 65.0 Å². The van der Waals surface area contributed by atoms with Crippen LogP contribution in [-0.4, -0.2) is 0 Å². The van der Waals surface area contributed by atoms with Crippen LogP contribution in [0.5, 0.6) is 0 Å². The highest BCUT2D eigenvalue weighted by atomic mass is 19.2. The van der Waals surface area contributed by atoms with Gasteiger partial charge in [0, 0.05) is 27.8 Å². The predicted molar refractivity (Wildman–Crippen MR) is 590 cm³/mol. The van der Waals surface area contributed by atoms with Crippen molar-refractivity contribution in [3.8, 4) is 0 Å². The molecular formula is C131H153F15. The Labute approximate surface area is 865 Å². The minimum atomic E-state index is -0.475. The van der Waals surface area contributed by atoms with Crippen molar-refractivity contribution in [1.82, 2.24) is 0 Å². The van der Waals surface area contributed by atoms with Gasteiger partial charge in [-0.2, -0.15) is 0 Å². The molecule has 0 radical (unpaired) electrons. The second kappa shape index (κ2) is 68.7. The quantitative estimate of drug-likeness (QED) is 0.133. The number of aryl methyl sites for hydroxylation is 28. The number of benzene rings is 16. The molecule has 0 nitrogen and oxygen atoms in total. The van der Waals surface area contributed by atoms with Crippen LogP contribution in [0, 0.1) is 323 Å². The fourth-order valence-corrected chi connectivity index (χ4v) is 11.8. The van der Waals surface area contributed by atoms with Gasteiger partial charge in [-0.1, -0.05) is 263 Å². The Hall–Kier alpha value is -13.5. The molecule has 16 rings (SSSR count). The van der Waals surface area contributed by atoms with Gasteiger partial charge in [-0.15, -0.1) is 0 Å². The molecule has 0 heterocycles. The van der Waals surface area contributed by atoms with Gasteiger partial charge >= 0.3 is 0 Å². The topological polar surface area (TPSA) is 0 Å². The van der Waals surface area contributed by atoms with Crippen LogP contribution in [-0.2, 0) is 0 Å². The van der Waals surface area contributed by atoms with Crippen molar-refractivity contribution in [2.24, 2.45) is 0 Å². The minimum absolute atomic E-state index is 0. The monoisotopic (exact) mass is 2010 g/mol. The summed E-state index contributed by atoms with van der Waals surface area (Å²) in [6.07, 6.45) is 0. The van der Waals surface area contributed by atoms with Crippen molar-refractivity contribution < 1.29 is 65.9 Å². The number of rotatable bonds is 0. The Balaban J connectivity index is 0.00000154. The van der Waals surface area contributed by atoms with Gasteiger partial charge in [0.05, 0.1) is 0 Å². The van der Waals surface area contributed by atoms with Crippen LogP contribution in [0.1, 0.15) is 197 Å². The smallest absolute Gasteiger partial charge is 0.129 e. The molecule has 0 aromatic heterocycles. The van der Waals surface area contributed by atoms with E-state index in [4.69, 9.17) is 0 Å². The molecule has 0 bridgehead atoms. The third kappa shape index (κ3) is 56.1. The molecule has 0 saturated heterocycles. The van der Waals surface area contributed by atoms with Crippen LogP contribution in [0.4, 0.5) is 65.9 Å². The molecule has 16 aromatic rings. The maximum atomic E-state index is 12.6. The van der Waals surface area contributed by atoms with Gasteiger partial charge < -0.3 is 0 Å². The summed E-state index contributed by atoms with van der Waals surface area (Å²) >= 11 is 0. The van der Waals surface area contributed by atoms with E-state index in [1.54, 1.807) is 99.6 Å². The van der Waals surface area contributed by atoms with Crippen molar-refractivity contribution in [3.63, 3.8) is 0 Å². The Morgan fingerprint density at radius 2 is 0.178 bits per heavy atom. The van der Waals surface area contributed by atoms with Crippen LogP contribution in [0.2, 0.25) is 0 Å². The average molecular weight is 2010 g/mol. The first-order valence-electron chi connectivity index (χ1n) is 47.6. The van der Waals surface area contributed by atoms with Gasteiger partial charge in [0.25, 0.3) is 0 Å². The van der Waals surface area contributed by atoms with E-state index < -0.39 is 58.2 Å². The van der Waals surface area contributed by atoms with E-state index in [2.05, 4.69) is 230 Å². The molecule has 782 valence electrons. The standard InChI is InChI=1S/C10H14.5C8H8F2.5C8H9F.5C8H10.CH4/c1-7-5-8(2)10(4)9(3)6-7;5*1-5-3-7(9)6(2)8(10)4-5;5*1-6-3-4-7(2)8(9)5-6;5*1-7-3-5-8(2)6-4-7;/h5-6H,1-4H3;5*3-4H,1-2H3;5*3-5H,1-2H3;5*3-6H,1-2H3;1H4. The Kier molecular flexibility index (Phi) is 62.3. The van der Waals surface area contributed by atoms with Crippen molar-refractivity contribution in [2.45, 2.75) is 243 Å². The fraction of sp³-hybridized carbons (Fsp3) is 0.267. The lowest BCUT2D eigenvalue weighted by Crippen LogP contribution is -1.89. The average Bonchev–Trinajstić information content (AvgIpc) is 0.874. The minimum Gasteiger partial charge on any atom is -0.207 e. The first-order valence-corrected chi connectivity index (χ1v) is 47.6. The molecule has 0 aliphatic carbocycles. The van der Waals surface area contributed by atoms with E-state index in [0.29, 0.717) is 55.6 Å². The normalized spacial score (nSPS) is 9.62. The third-order valence-electron chi connectivity index (χ3n) is 21.9. The summed E-state index contributed by atoms with van der Waals surface area (Å²) in [5.41, 5.74) is 30.8. The van der Waals surface area contributed by atoms with E-state index >= 15 is 0 Å². The summed E-state index contributed by atoms with van der Waals surface area (Å²) in [6, 6.07) is 86.1. The highest BCUT2D eigenvalue weighted by Crippen LogP contribution is 2.21. The lowest BCUT2D eigenvalue weighted by molar-refractivity contribution is 0.565. The van der Waals surface area contributed by atoms with Gasteiger partial charge in [-0.25, -0.2) is 65.9 Å². The molecule has 0 fully saturated rings. The third-order valence-corrected chi connectivity index (χ3v) is 21.9. The summed E-state index contributed by atoms with van der Waals surface area (Å²) < 4.78 is 189. The highest BCUT2D eigenvalue weighted by molar-refractivity contribution is 5.37. The van der Waals surface area contributed by atoms with E-state index in [-0.39, 0.29) is 64.3 Å². The fourth-order valence-electron chi connectivity index (χ4n) is 11.8. The molecule has 0 amide bonds. The summed E-state index contributed by atoms with van der Waals surface area (Å²) in [5.74, 6) is -5.32. The van der Waals surface area contributed by atoms with Gasteiger partial charge in [-0.3, -0.25) is 0 Å². The highest BCUT2D eigenvalue weighted by Gasteiger charge is 2.09. The molecule has 15 heteroatoms. The van der Waals surface area contributed by atoms with E-state index in [9.17, 15) is 65.9 Å². The lowest BCUT2D eigenvalue weighted by Gasteiger charge is -2.04. The Bertz CT molecular complexity index is 5380. The summed E-state index contributed by atoms with van der Waals surface area (Å²) in [6.45, 7) is 63.2. The zero-order valence-electron chi connectivity index (χ0n) is 91.3. The van der Waals surface area contributed by atoms with E-state index in [1.165, 1.54) is 204 Å². The van der Waals surface area contributed by atoms with Crippen molar-refractivity contribution in [1.29, 1.82) is 0 Å². The van der Waals surface area contributed by atoms with Gasteiger partial charge in [-0.05, 0) is 427 Å². The lowest BCUT2D eigenvalue weighted by atomic mass is 10.0. The summed E-state index contributed by atoms with van der Waals surface area (Å²) in [5, 5.41) is 0. The van der Waals surface area contributed by atoms with Gasteiger partial charge in [0.15, 0.2) is 0 Å². The molecule has 0 aliphatic rings. The van der Waals surface area contributed by atoms with Crippen molar-refractivity contribution in [2.75, 3.05) is 0 Å². The van der Waals surface area contributed by atoms with Crippen LogP contribution in [0.25, 0.3) is 0 Å². The first-order chi connectivity index (χ1) is 67.6. The number of hydrogen-bond acceptors (Lipinski definition) is 0. The predicted octanol–water partition coefficient (Wildman–Crippen LogP) is 40.2. The number of halogens is 15. The maximum Gasteiger partial charge on any atom is 0.129 e. The number of hydrogen-bond donors (Lipinski definition) is 0. The van der Waals surface area contributed by atoms with Gasteiger partial charge in [0.1, 0.15) is 87.3 Å². The van der Waals surface area contributed by atoms with Crippen LogP contribution < -0.4 is 0 Å². The van der Waals surface area contributed by atoms with Crippen LogP contribution in [0.3, 0.4) is 0 Å². The zero-order valence-corrected chi connectivity index (χ0v) is 91.3. The maximum absolute atomic E-state index is 12.6. The first kappa shape index (κ1) is 132. The molecule has 0 spiro atoms. The van der Waals surface area contributed by atoms with Crippen molar-refractivity contribution in [3.05, 3.63) is 562 Å². The molecule has 0 atom stereocenters. The van der Waals surface area contributed by atoms with Crippen LogP contribution in [0.15, 0.2) is 285 Å². The van der Waals surface area contributed by atoms with Gasteiger partial charge in [0.2, 0.25) is 0 Å². The molecular weight excluding hydrogens is 1860 g/mol. The molecule has 0 N–H and O–H groups in total. The summed E-state index contributed by atoms with van der Waals surface area (Å²) in [7, 11) is 0. The molecule has 0 unspecified atom stereocenters. The largest absolute Gasteiger partial charge is 0.207 e. The van der Waals surface area contributed by atoms with E-state index in [0.717, 1.165) is 27.8 Å². The second-order valence-corrected chi connectivity index (χ2v) is 36.8. The molecule has 16 aromatic carbocycles. The van der Waals surface area contributed by atoms with Crippen LogP contribution >= 0.6 is 0 Å². The zero-order chi connectivity index (χ0) is 111. The van der Waals surface area contributed by atoms with Crippen molar-refractivity contribution >= 4 is 0 Å².